The minimum Gasteiger partial charge on any atom is -0.348 e. The molecule has 27 heavy (non-hydrogen) atoms. The van der Waals surface area contributed by atoms with E-state index in [2.05, 4.69) is 14.9 Å². The van der Waals surface area contributed by atoms with Crippen molar-refractivity contribution in [2.75, 3.05) is 0 Å². The molecule has 1 saturated carbocycles. The Morgan fingerprint density at radius 1 is 1.22 bits per heavy atom. The first-order chi connectivity index (χ1) is 13.1. The van der Waals surface area contributed by atoms with Crippen molar-refractivity contribution in [2.45, 2.75) is 51.6 Å². The molecule has 1 aromatic carbocycles. The van der Waals surface area contributed by atoms with E-state index >= 15 is 0 Å². The fourth-order valence-electron chi connectivity index (χ4n) is 3.66. The first-order valence-electron chi connectivity index (χ1n) is 9.34. The van der Waals surface area contributed by atoms with Gasteiger partial charge in [-0.05, 0) is 36.9 Å². The van der Waals surface area contributed by atoms with Crippen molar-refractivity contribution >= 4 is 27.7 Å². The second-order valence-electron chi connectivity index (χ2n) is 7.17. The molecule has 0 atom stereocenters. The third-order valence-electron chi connectivity index (χ3n) is 5.22. The molecule has 0 unspecified atom stereocenters. The number of nitrogens with one attached hydrogen (secondary N) is 1. The summed E-state index contributed by atoms with van der Waals surface area (Å²) in [6.45, 7) is 2.47. The molecule has 1 amide bonds. The lowest BCUT2D eigenvalue weighted by Gasteiger charge is -2.24. The smallest absolute Gasteiger partial charge is 0.280 e. The lowest BCUT2D eigenvalue weighted by atomic mass is 9.95. The minimum absolute atomic E-state index is 0.138. The highest BCUT2D eigenvalue weighted by Gasteiger charge is 2.23. The van der Waals surface area contributed by atoms with E-state index in [0.717, 1.165) is 42.8 Å². The highest BCUT2D eigenvalue weighted by molar-refractivity contribution is 7.13. The molecule has 4 rings (SSSR count). The van der Waals surface area contributed by atoms with E-state index in [1.807, 2.05) is 31.2 Å². The van der Waals surface area contributed by atoms with Crippen LogP contribution in [0.4, 0.5) is 0 Å². The summed E-state index contributed by atoms with van der Waals surface area (Å²) in [5, 5.41) is 6.96. The molecule has 1 N–H and O–H groups in total. The summed E-state index contributed by atoms with van der Waals surface area (Å²) in [6, 6.07) is 8.19. The van der Waals surface area contributed by atoms with Crippen LogP contribution in [-0.4, -0.2) is 20.1 Å². The number of aromatic nitrogens is 3. The molecule has 0 spiro atoms. The zero-order chi connectivity index (χ0) is 18.8. The highest BCUT2D eigenvalue weighted by Crippen LogP contribution is 2.28. The van der Waals surface area contributed by atoms with Gasteiger partial charge in [0.15, 0.2) is 5.52 Å². The fraction of sp³-hybridized carbons (Fsp3) is 0.400. The molecule has 0 radical (unpaired) electrons. The number of fused-ring (bicyclic) bond motifs is 1. The third-order valence-corrected chi connectivity index (χ3v) is 5.98. The highest BCUT2D eigenvalue weighted by atomic mass is 32.1. The van der Waals surface area contributed by atoms with Crippen LogP contribution < -0.4 is 10.9 Å². The predicted molar refractivity (Wildman–Crippen MR) is 106 cm³/mol. The summed E-state index contributed by atoms with van der Waals surface area (Å²) in [5.74, 6) is -0.198. The van der Waals surface area contributed by atoms with Crippen molar-refractivity contribution in [2.24, 2.45) is 0 Å². The van der Waals surface area contributed by atoms with Crippen molar-refractivity contribution in [1.82, 2.24) is 19.5 Å². The summed E-state index contributed by atoms with van der Waals surface area (Å²) in [4.78, 5) is 25.7. The monoisotopic (exact) mass is 382 g/mol. The number of hydrogen-bond acceptors (Lipinski definition) is 5. The second-order valence-corrected chi connectivity index (χ2v) is 7.92. The number of carbonyl (C=O) groups excluding carboxylic acids is 1. The molecule has 3 aromatic rings. The van der Waals surface area contributed by atoms with Crippen LogP contribution in [0.1, 0.15) is 59.6 Å². The third kappa shape index (κ3) is 3.64. The SMILES string of the molecule is Cc1ccc(CNC(=O)c2cn(C3CCCCC3)c(=O)c3nnsc23)cc1. The van der Waals surface area contributed by atoms with Gasteiger partial charge < -0.3 is 9.88 Å². The van der Waals surface area contributed by atoms with Gasteiger partial charge in [0.1, 0.15) is 0 Å². The maximum Gasteiger partial charge on any atom is 0.280 e. The van der Waals surface area contributed by atoms with Crippen molar-refractivity contribution in [1.29, 1.82) is 0 Å². The summed E-state index contributed by atoms with van der Waals surface area (Å²) >= 11 is 1.10. The van der Waals surface area contributed by atoms with Crippen LogP contribution in [0.15, 0.2) is 35.3 Å². The van der Waals surface area contributed by atoms with E-state index in [1.54, 1.807) is 10.8 Å². The molecule has 1 fully saturated rings. The largest absolute Gasteiger partial charge is 0.348 e. The lowest BCUT2D eigenvalue weighted by Crippen LogP contribution is -2.30. The number of pyridine rings is 1. The van der Waals surface area contributed by atoms with E-state index < -0.39 is 0 Å². The Balaban J connectivity index is 1.64. The van der Waals surface area contributed by atoms with Gasteiger partial charge in [-0.15, -0.1) is 5.10 Å². The molecule has 1 aliphatic carbocycles. The number of hydrogen-bond donors (Lipinski definition) is 1. The molecule has 2 aromatic heterocycles. The number of rotatable bonds is 4. The van der Waals surface area contributed by atoms with Gasteiger partial charge in [0.25, 0.3) is 11.5 Å². The lowest BCUT2D eigenvalue weighted by molar-refractivity contribution is 0.0951. The maximum atomic E-state index is 12.9. The quantitative estimate of drug-likeness (QED) is 0.748. The predicted octanol–water partition coefficient (Wildman–Crippen LogP) is 3.60. The normalized spacial score (nSPS) is 15.1. The van der Waals surface area contributed by atoms with Gasteiger partial charge >= 0.3 is 0 Å². The molecule has 0 bridgehead atoms. The Morgan fingerprint density at radius 3 is 2.70 bits per heavy atom. The maximum absolute atomic E-state index is 12.9. The summed E-state index contributed by atoms with van der Waals surface area (Å²) in [6.07, 6.45) is 7.07. The van der Waals surface area contributed by atoms with Crippen molar-refractivity contribution in [3.8, 4) is 0 Å². The van der Waals surface area contributed by atoms with Crippen LogP contribution in [0.25, 0.3) is 10.2 Å². The second kappa shape index (κ2) is 7.60. The van der Waals surface area contributed by atoms with Crippen molar-refractivity contribution < 1.29 is 4.79 Å². The fourth-order valence-corrected chi connectivity index (χ4v) is 4.32. The summed E-state index contributed by atoms with van der Waals surface area (Å²) in [5.41, 5.74) is 2.86. The van der Waals surface area contributed by atoms with Gasteiger partial charge in [0.2, 0.25) is 0 Å². The van der Waals surface area contributed by atoms with Crippen LogP contribution in [0.3, 0.4) is 0 Å². The Labute approximate surface area is 161 Å². The first-order valence-corrected chi connectivity index (χ1v) is 10.1. The number of nitrogens with zero attached hydrogens (tertiary/aromatic N) is 3. The van der Waals surface area contributed by atoms with E-state index in [0.29, 0.717) is 22.3 Å². The molecule has 7 heteroatoms. The number of amides is 1. The Hall–Kier alpha value is -2.54. The van der Waals surface area contributed by atoms with Gasteiger partial charge in [-0.1, -0.05) is 53.6 Å². The Bertz CT molecular complexity index is 1020. The molecule has 2 heterocycles. The van der Waals surface area contributed by atoms with Gasteiger partial charge in [-0.25, -0.2) is 0 Å². The van der Waals surface area contributed by atoms with Crippen LogP contribution in [0.2, 0.25) is 0 Å². The number of aryl methyl sites for hydroxylation is 1. The molecule has 140 valence electrons. The van der Waals surface area contributed by atoms with Crippen molar-refractivity contribution in [3.63, 3.8) is 0 Å². The van der Waals surface area contributed by atoms with Gasteiger partial charge in [0.05, 0.1) is 10.3 Å². The van der Waals surface area contributed by atoms with Crippen LogP contribution in [0.5, 0.6) is 0 Å². The van der Waals surface area contributed by atoms with Crippen LogP contribution >= 0.6 is 11.5 Å². The number of benzene rings is 1. The zero-order valence-electron chi connectivity index (χ0n) is 15.3. The van der Waals surface area contributed by atoms with Crippen LogP contribution in [-0.2, 0) is 6.54 Å². The van der Waals surface area contributed by atoms with E-state index in [4.69, 9.17) is 0 Å². The van der Waals surface area contributed by atoms with Gasteiger partial charge in [0, 0.05) is 18.8 Å². The zero-order valence-corrected chi connectivity index (χ0v) is 16.1. The number of carbonyl (C=O) groups is 1. The molecule has 1 aliphatic rings. The first kappa shape index (κ1) is 17.9. The molecule has 0 saturated heterocycles. The van der Waals surface area contributed by atoms with E-state index in [-0.39, 0.29) is 17.5 Å². The summed E-state index contributed by atoms with van der Waals surface area (Å²) < 4.78 is 6.19. The molecule has 6 nitrogen and oxygen atoms in total. The average Bonchev–Trinajstić information content (AvgIpc) is 3.19. The van der Waals surface area contributed by atoms with Gasteiger partial charge in [-0.2, -0.15) is 0 Å². The van der Waals surface area contributed by atoms with Gasteiger partial charge in [-0.3, -0.25) is 9.59 Å². The summed E-state index contributed by atoms with van der Waals surface area (Å²) in [7, 11) is 0. The van der Waals surface area contributed by atoms with Crippen LogP contribution in [0, 0.1) is 6.92 Å². The molecular formula is C20H22N4O2S. The molecule has 0 aliphatic heterocycles. The standard InChI is InChI=1S/C20H22N4O2S/c1-13-7-9-14(10-8-13)11-21-19(25)16-12-24(15-5-3-2-4-6-15)20(26)17-18(16)27-23-22-17/h7-10,12,15H,2-6,11H2,1H3,(H,21,25). The average molecular weight is 382 g/mol. The Kier molecular flexibility index (Phi) is 5.03. The molecular weight excluding hydrogens is 360 g/mol. The topological polar surface area (TPSA) is 76.9 Å². The van der Waals surface area contributed by atoms with Crippen molar-refractivity contribution in [3.05, 3.63) is 57.5 Å². The Morgan fingerprint density at radius 2 is 1.96 bits per heavy atom. The minimum atomic E-state index is -0.198. The van der Waals surface area contributed by atoms with E-state index in [1.165, 1.54) is 12.0 Å². The van der Waals surface area contributed by atoms with E-state index in [9.17, 15) is 9.59 Å².